The maximum Gasteiger partial charge on any atom is 0.0783 e. The van der Waals surface area contributed by atoms with Gasteiger partial charge in [0.15, 0.2) is 0 Å². The van der Waals surface area contributed by atoms with Crippen LogP contribution in [0.15, 0.2) is 0 Å². The Morgan fingerprint density at radius 3 is 2.84 bits per heavy atom. The van der Waals surface area contributed by atoms with Crippen molar-refractivity contribution in [3.8, 4) is 0 Å². The second-order valence-corrected chi connectivity index (χ2v) is 7.99. The summed E-state index contributed by atoms with van der Waals surface area (Å²) < 4.78 is 6.20. The molecule has 1 saturated carbocycles. The van der Waals surface area contributed by atoms with Gasteiger partial charge in [-0.25, -0.2) is 0 Å². The normalized spacial score (nSPS) is 44.4. The second-order valence-electron chi connectivity index (χ2n) is 6.88. The lowest BCUT2D eigenvalue weighted by Crippen LogP contribution is -2.43. The Labute approximate surface area is 122 Å². The molecule has 0 bridgehead atoms. The molecule has 2 aliphatic heterocycles. The van der Waals surface area contributed by atoms with Crippen LogP contribution < -0.4 is 5.73 Å². The van der Waals surface area contributed by atoms with E-state index in [1.165, 1.54) is 62.9 Å². The van der Waals surface area contributed by atoms with Crippen LogP contribution in [0.4, 0.5) is 0 Å². The van der Waals surface area contributed by atoms with Gasteiger partial charge in [-0.2, -0.15) is 11.8 Å². The van der Waals surface area contributed by atoms with Crippen molar-refractivity contribution in [3.05, 3.63) is 0 Å². The average Bonchev–Trinajstić information content (AvgIpc) is 2.75. The highest BCUT2D eigenvalue weighted by Gasteiger charge is 2.43. The molecule has 2 N–H and O–H groups in total. The van der Waals surface area contributed by atoms with E-state index in [0.717, 1.165) is 30.9 Å². The van der Waals surface area contributed by atoms with Gasteiger partial charge in [0, 0.05) is 12.4 Å². The molecule has 0 aromatic rings. The van der Waals surface area contributed by atoms with E-state index in [-0.39, 0.29) is 5.60 Å². The smallest absolute Gasteiger partial charge is 0.0783 e. The predicted octanol–water partition coefficient (Wildman–Crippen LogP) is 3.44. The van der Waals surface area contributed by atoms with Crippen molar-refractivity contribution in [3.63, 3.8) is 0 Å². The molecular weight excluding hydrogens is 254 g/mol. The van der Waals surface area contributed by atoms with Crippen LogP contribution in [0.3, 0.4) is 0 Å². The van der Waals surface area contributed by atoms with Crippen LogP contribution in [-0.2, 0) is 4.74 Å². The van der Waals surface area contributed by atoms with E-state index in [9.17, 15) is 0 Å². The fourth-order valence-electron chi connectivity index (χ4n) is 4.62. The van der Waals surface area contributed by atoms with Gasteiger partial charge in [-0.1, -0.05) is 19.3 Å². The van der Waals surface area contributed by atoms with Crippen molar-refractivity contribution >= 4 is 11.8 Å². The van der Waals surface area contributed by atoms with E-state index in [2.05, 4.69) is 11.8 Å². The summed E-state index contributed by atoms with van der Waals surface area (Å²) in [5, 5.41) is 0. The lowest BCUT2D eigenvalue weighted by molar-refractivity contribution is -0.0940. The second kappa shape index (κ2) is 6.36. The van der Waals surface area contributed by atoms with Crippen molar-refractivity contribution in [2.24, 2.45) is 23.5 Å². The lowest BCUT2D eigenvalue weighted by atomic mass is 9.71. The first-order valence-corrected chi connectivity index (χ1v) is 9.40. The summed E-state index contributed by atoms with van der Waals surface area (Å²) in [7, 11) is 0. The number of hydrogen-bond acceptors (Lipinski definition) is 3. The Morgan fingerprint density at radius 1 is 1.16 bits per heavy atom. The Kier molecular flexibility index (Phi) is 4.76. The third-order valence-corrected chi connectivity index (χ3v) is 6.95. The minimum atomic E-state index is 0.249. The highest BCUT2D eigenvalue weighted by Crippen LogP contribution is 2.46. The molecule has 1 spiro atoms. The first-order chi connectivity index (χ1) is 9.33. The Morgan fingerprint density at radius 2 is 2.05 bits per heavy atom. The van der Waals surface area contributed by atoms with E-state index in [1.54, 1.807) is 0 Å². The van der Waals surface area contributed by atoms with Crippen molar-refractivity contribution in [1.82, 2.24) is 0 Å². The number of nitrogens with two attached hydrogens (primary N) is 1. The Hall–Kier alpha value is 0.270. The van der Waals surface area contributed by atoms with E-state index < -0.39 is 0 Å². The maximum atomic E-state index is 6.20. The molecule has 4 atom stereocenters. The molecule has 0 radical (unpaired) electrons. The molecule has 3 aliphatic rings. The minimum Gasteiger partial charge on any atom is -0.374 e. The van der Waals surface area contributed by atoms with Crippen molar-refractivity contribution in [1.29, 1.82) is 0 Å². The van der Waals surface area contributed by atoms with Crippen LogP contribution in [0.25, 0.3) is 0 Å². The van der Waals surface area contributed by atoms with Gasteiger partial charge in [-0.3, -0.25) is 0 Å². The van der Waals surface area contributed by atoms with E-state index >= 15 is 0 Å². The largest absolute Gasteiger partial charge is 0.374 e. The molecule has 0 aromatic heterocycles. The minimum absolute atomic E-state index is 0.249. The van der Waals surface area contributed by atoms with Gasteiger partial charge in [-0.15, -0.1) is 0 Å². The monoisotopic (exact) mass is 283 g/mol. The number of rotatable bonds is 2. The molecule has 19 heavy (non-hydrogen) atoms. The fourth-order valence-corrected chi connectivity index (χ4v) is 6.00. The quantitative estimate of drug-likeness (QED) is 0.788. The SMILES string of the molecule is NCC1CCCCCC1C1CCOC2(CCSC2)C1. The first kappa shape index (κ1) is 14.2. The third kappa shape index (κ3) is 3.14. The van der Waals surface area contributed by atoms with Gasteiger partial charge >= 0.3 is 0 Å². The molecule has 2 heterocycles. The van der Waals surface area contributed by atoms with Crippen molar-refractivity contribution in [2.75, 3.05) is 24.7 Å². The number of hydrogen-bond donors (Lipinski definition) is 1. The van der Waals surface area contributed by atoms with Crippen LogP contribution in [-0.4, -0.2) is 30.3 Å². The standard InChI is InChI=1S/C16H29NOS/c17-11-14-4-2-1-3-5-15(14)13-6-8-18-16(10-13)7-9-19-12-16/h13-15H,1-12,17H2. The molecule has 3 fully saturated rings. The van der Waals surface area contributed by atoms with Crippen LogP contribution in [0.1, 0.15) is 51.4 Å². The number of ether oxygens (including phenoxy) is 1. The molecule has 0 amide bonds. The molecule has 2 nitrogen and oxygen atoms in total. The van der Waals surface area contributed by atoms with Crippen LogP contribution in [0.5, 0.6) is 0 Å². The molecule has 4 unspecified atom stereocenters. The molecule has 3 heteroatoms. The highest BCUT2D eigenvalue weighted by molar-refractivity contribution is 7.99. The topological polar surface area (TPSA) is 35.2 Å². The van der Waals surface area contributed by atoms with Crippen molar-refractivity contribution in [2.45, 2.75) is 57.0 Å². The van der Waals surface area contributed by atoms with E-state index in [4.69, 9.17) is 10.5 Å². The van der Waals surface area contributed by atoms with Crippen LogP contribution in [0.2, 0.25) is 0 Å². The Bertz CT molecular complexity index is 290. The zero-order valence-corrected chi connectivity index (χ0v) is 12.9. The predicted molar refractivity (Wildman–Crippen MR) is 82.5 cm³/mol. The maximum absolute atomic E-state index is 6.20. The van der Waals surface area contributed by atoms with Crippen LogP contribution in [0, 0.1) is 17.8 Å². The third-order valence-electron chi connectivity index (χ3n) is 5.72. The van der Waals surface area contributed by atoms with Gasteiger partial charge in [-0.05, 0) is 62.2 Å². The fraction of sp³-hybridized carbons (Fsp3) is 1.00. The molecule has 2 saturated heterocycles. The zero-order chi connectivity index (χ0) is 13.1. The lowest BCUT2D eigenvalue weighted by Gasteiger charge is -2.42. The summed E-state index contributed by atoms with van der Waals surface area (Å²) >= 11 is 2.09. The van der Waals surface area contributed by atoms with Gasteiger partial charge in [0.2, 0.25) is 0 Å². The molecule has 3 rings (SSSR count). The summed E-state index contributed by atoms with van der Waals surface area (Å²) in [6, 6.07) is 0. The summed E-state index contributed by atoms with van der Waals surface area (Å²) in [6.45, 7) is 1.91. The molecule has 0 aromatic carbocycles. The van der Waals surface area contributed by atoms with Gasteiger partial charge in [0.25, 0.3) is 0 Å². The highest BCUT2D eigenvalue weighted by atomic mass is 32.2. The van der Waals surface area contributed by atoms with E-state index in [0.29, 0.717) is 0 Å². The summed E-state index contributed by atoms with van der Waals surface area (Å²) in [4.78, 5) is 0. The van der Waals surface area contributed by atoms with Gasteiger partial charge in [0.1, 0.15) is 0 Å². The van der Waals surface area contributed by atoms with E-state index in [1.807, 2.05) is 0 Å². The summed E-state index contributed by atoms with van der Waals surface area (Å²) in [5.74, 6) is 5.11. The van der Waals surface area contributed by atoms with Crippen molar-refractivity contribution < 1.29 is 4.74 Å². The average molecular weight is 283 g/mol. The Balaban J connectivity index is 1.68. The summed E-state index contributed by atoms with van der Waals surface area (Å²) in [6.07, 6.45) is 11.0. The van der Waals surface area contributed by atoms with Gasteiger partial charge in [0.05, 0.1) is 5.60 Å². The van der Waals surface area contributed by atoms with Crippen LogP contribution >= 0.6 is 11.8 Å². The van der Waals surface area contributed by atoms with Gasteiger partial charge < -0.3 is 10.5 Å². The molecular formula is C16H29NOS. The first-order valence-electron chi connectivity index (χ1n) is 8.25. The molecule has 1 aliphatic carbocycles. The summed E-state index contributed by atoms with van der Waals surface area (Å²) in [5.41, 5.74) is 6.33. The zero-order valence-electron chi connectivity index (χ0n) is 12.1. The number of thioether (sulfide) groups is 1. The molecule has 110 valence electrons.